The fraction of sp³-hybridized carbons (Fsp3) is 0.688. The highest BCUT2D eigenvalue weighted by molar-refractivity contribution is 5.72. The van der Waals surface area contributed by atoms with Gasteiger partial charge in [-0.3, -0.25) is 9.59 Å². The van der Waals surface area contributed by atoms with Crippen molar-refractivity contribution >= 4 is 17.9 Å². The van der Waals surface area contributed by atoms with E-state index in [1.807, 2.05) is 21.1 Å². The lowest BCUT2D eigenvalue weighted by Gasteiger charge is -2.31. The zero-order valence-corrected chi connectivity index (χ0v) is 36.3. The summed E-state index contributed by atoms with van der Waals surface area (Å²) in [4.78, 5) is 36.9. The van der Waals surface area contributed by atoms with E-state index in [2.05, 4.69) is 86.8 Å². The molecule has 0 bridgehead atoms. The monoisotopic (exact) mass is 785 g/mol. The van der Waals surface area contributed by atoms with Crippen molar-refractivity contribution in [3.8, 4) is 0 Å². The summed E-state index contributed by atoms with van der Waals surface area (Å²) in [6.45, 7) is 4.59. The summed E-state index contributed by atoms with van der Waals surface area (Å²) in [7, 11) is 5.50. The summed E-state index contributed by atoms with van der Waals surface area (Å²) in [5.74, 6) is -1.54. The molecule has 0 aliphatic carbocycles. The van der Waals surface area contributed by atoms with Gasteiger partial charge in [0.25, 0.3) is 0 Å². The minimum atomic E-state index is -0.886. The van der Waals surface area contributed by atoms with Crippen molar-refractivity contribution in [2.45, 2.75) is 174 Å². The summed E-state index contributed by atoms with van der Waals surface area (Å²) in [5.41, 5.74) is 0. The van der Waals surface area contributed by atoms with Crippen LogP contribution in [0.2, 0.25) is 0 Å². The lowest BCUT2D eigenvalue weighted by atomic mass is 10.1. The molecule has 8 nitrogen and oxygen atoms in total. The van der Waals surface area contributed by atoms with E-state index in [0.29, 0.717) is 25.7 Å². The molecule has 0 heterocycles. The molecule has 0 fully saturated rings. The highest BCUT2D eigenvalue weighted by Gasteiger charge is 2.31. The highest BCUT2D eigenvalue weighted by Crippen LogP contribution is 2.12. The topological polar surface area (TPSA) is 99.1 Å². The van der Waals surface area contributed by atoms with Crippen LogP contribution in [0.3, 0.4) is 0 Å². The fourth-order valence-corrected chi connectivity index (χ4v) is 5.85. The number of ether oxygens (including phenoxy) is 3. The van der Waals surface area contributed by atoms with Crippen molar-refractivity contribution in [2.75, 3.05) is 41.0 Å². The summed E-state index contributed by atoms with van der Waals surface area (Å²) >= 11 is 0. The van der Waals surface area contributed by atoms with E-state index >= 15 is 0 Å². The standard InChI is InChI=1S/C48H81NO7/c1-6-8-10-12-14-16-18-19-20-21-22-23-24-25-26-27-29-30-32-34-36-38-46(50)55-43-44(42-54-41-40-45(48(52)53)49(3,4)5)56-47(51)39-37-35-33-31-28-17-15-13-11-9-7-2/h13-16,19-20,22-23,25-26,29-30,44-45H,6-12,17-18,21,24,27-28,31-43H2,1-5H3/p+1/b15-13+,16-14+,20-19+,23-22+,26-25+,30-29+. The van der Waals surface area contributed by atoms with Crippen LogP contribution in [0.25, 0.3) is 0 Å². The Hall–Kier alpha value is -3.23. The smallest absolute Gasteiger partial charge is 0.362 e. The van der Waals surface area contributed by atoms with Gasteiger partial charge < -0.3 is 23.8 Å². The number of nitrogens with zero attached hydrogens (tertiary/aromatic N) is 1. The quantitative estimate of drug-likeness (QED) is 0.0288. The Morgan fingerprint density at radius 2 is 0.964 bits per heavy atom. The first-order chi connectivity index (χ1) is 27.1. The average molecular weight is 785 g/mol. The number of carboxylic acid groups (broad SMARTS) is 1. The Morgan fingerprint density at radius 1 is 0.536 bits per heavy atom. The van der Waals surface area contributed by atoms with Gasteiger partial charge in [-0.25, -0.2) is 4.79 Å². The highest BCUT2D eigenvalue weighted by atomic mass is 16.6. The molecule has 2 atom stereocenters. The number of hydrogen-bond acceptors (Lipinski definition) is 6. The third kappa shape index (κ3) is 36.4. The van der Waals surface area contributed by atoms with Gasteiger partial charge in [0.15, 0.2) is 12.1 Å². The van der Waals surface area contributed by atoms with Gasteiger partial charge in [0, 0.05) is 19.3 Å². The molecule has 0 radical (unpaired) electrons. The number of rotatable bonds is 38. The molecule has 0 aromatic rings. The average Bonchev–Trinajstić information content (AvgIpc) is 3.15. The van der Waals surface area contributed by atoms with E-state index in [1.54, 1.807) is 0 Å². The van der Waals surface area contributed by atoms with Gasteiger partial charge in [-0.2, -0.15) is 0 Å². The van der Waals surface area contributed by atoms with Gasteiger partial charge >= 0.3 is 17.9 Å². The molecule has 320 valence electrons. The minimum absolute atomic E-state index is 0.0402. The summed E-state index contributed by atoms with van der Waals surface area (Å²) in [6, 6.07) is -0.625. The van der Waals surface area contributed by atoms with Crippen LogP contribution in [0.15, 0.2) is 72.9 Å². The number of hydrogen-bond donors (Lipinski definition) is 1. The molecule has 0 rings (SSSR count). The van der Waals surface area contributed by atoms with Crippen LogP contribution < -0.4 is 0 Å². The number of carbonyl (C=O) groups is 3. The Balaban J connectivity index is 4.41. The maximum atomic E-state index is 12.7. The van der Waals surface area contributed by atoms with Crippen molar-refractivity contribution in [1.29, 1.82) is 0 Å². The molecule has 8 heteroatoms. The number of esters is 2. The lowest BCUT2D eigenvalue weighted by Crippen LogP contribution is -2.50. The number of carbonyl (C=O) groups excluding carboxylic acids is 2. The Morgan fingerprint density at radius 3 is 1.50 bits per heavy atom. The number of quaternary nitrogens is 1. The van der Waals surface area contributed by atoms with Crippen LogP contribution in [-0.4, -0.2) is 80.6 Å². The van der Waals surface area contributed by atoms with Crippen LogP contribution in [0, 0.1) is 0 Å². The van der Waals surface area contributed by atoms with Crippen molar-refractivity contribution in [3.63, 3.8) is 0 Å². The predicted octanol–water partition coefficient (Wildman–Crippen LogP) is 12.0. The molecule has 0 saturated carbocycles. The third-order valence-corrected chi connectivity index (χ3v) is 9.33. The first-order valence-corrected chi connectivity index (χ1v) is 22.0. The van der Waals surface area contributed by atoms with Crippen LogP contribution in [0.4, 0.5) is 0 Å². The number of likely N-dealkylation sites (N-methyl/N-ethyl adjacent to an activating group) is 1. The molecule has 0 aromatic heterocycles. The van der Waals surface area contributed by atoms with E-state index < -0.39 is 18.1 Å². The lowest BCUT2D eigenvalue weighted by molar-refractivity contribution is -0.887. The van der Waals surface area contributed by atoms with Crippen LogP contribution in [0.1, 0.15) is 162 Å². The molecular weight excluding hydrogens is 703 g/mol. The fourth-order valence-electron chi connectivity index (χ4n) is 5.85. The van der Waals surface area contributed by atoms with Gasteiger partial charge in [0.2, 0.25) is 0 Å². The second-order valence-corrected chi connectivity index (χ2v) is 15.6. The van der Waals surface area contributed by atoms with E-state index in [-0.39, 0.29) is 36.2 Å². The van der Waals surface area contributed by atoms with E-state index in [4.69, 9.17) is 14.2 Å². The predicted molar refractivity (Wildman–Crippen MR) is 233 cm³/mol. The zero-order chi connectivity index (χ0) is 41.4. The second kappa shape index (κ2) is 38.6. The first-order valence-electron chi connectivity index (χ1n) is 22.0. The molecule has 1 N–H and O–H groups in total. The summed E-state index contributed by atoms with van der Waals surface area (Å²) < 4.78 is 17.2. The Kier molecular flexibility index (Phi) is 36.4. The van der Waals surface area contributed by atoms with Crippen molar-refractivity contribution in [3.05, 3.63) is 72.9 Å². The zero-order valence-electron chi connectivity index (χ0n) is 36.3. The van der Waals surface area contributed by atoms with Crippen molar-refractivity contribution in [2.24, 2.45) is 0 Å². The van der Waals surface area contributed by atoms with Gasteiger partial charge in [0.05, 0.1) is 34.4 Å². The van der Waals surface area contributed by atoms with Gasteiger partial charge in [0.1, 0.15) is 6.61 Å². The second-order valence-electron chi connectivity index (χ2n) is 15.6. The van der Waals surface area contributed by atoms with Crippen LogP contribution in [-0.2, 0) is 28.6 Å². The van der Waals surface area contributed by atoms with Crippen LogP contribution in [0.5, 0.6) is 0 Å². The van der Waals surface area contributed by atoms with Gasteiger partial charge in [-0.05, 0) is 83.5 Å². The Bertz CT molecular complexity index is 1140. The van der Waals surface area contributed by atoms with Gasteiger partial charge in [-0.1, -0.05) is 132 Å². The maximum absolute atomic E-state index is 12.7. The number of carboxylic acids is 1. The van der Waals surface area contributed by atoms with Crippen molar-refractivity contribution < 1.29 is 38.2 Å². The number of aliphatic carboxylic acids is 1. The molecule has 0 aliphatic heterocycles. The minimum Gasteiger partial charge on any atom is -0.477 e. The largest absolute Gasteiger partial charge is 0.477 e. The molecule has 2 unspecified atom stereocenters. The summed E-state index contributed by atoms with van der Waals surface area (Å²) in [6.07, 6.45) is 48.1. The molecule has 0 aliphatic rings. The maximum Gasteiger partial charge on any atom is 0.362 e. The van der Waals surface area contributed by atoms with E-state index in [1.165, 1.54) is 38.5 Å². The van der Waals surface area contributed by atoms with Gasteiger partial charge in [-0.15, -0.1) is 0 Å². The third-order valence-electron chi connectivity index (χ3n) is 9.33. The number of allylic oxidation sites excluding steroid dienone is 12. The first kappa shape index (κ1) is 52.8. The van der Waals surface area contributed by atoms with E-state index in [0.717, 1.165) is 83.5 Å². The van der Waals surface area contributed by atoms with Crippen molar-refractivity contribution in [1.82, 2.24) is 0 Å². The Labute approximate surface area is 342 Å². The van der Waals surface area contributed by atoms with Crippen LogP contribution >= 0.6 is 0 Å². The molecule has 0 saturated heterocycles. The normalized spacial score (nSPS) is 13.7. The molecule has 0 amide bonds. The van der Waals surface area contributed by atoms with E-state index in [9.17, 15) is 19.5 Å². The molecule has 0 aromatic carbocycles. The molecule has 56 heavy (non-hydrogen) atoms. The SMILES string of the molecule is CCCC/C=C/CCCCCCCC(=O)OC(COCCC(C(=O)O)[N+](C)(C)C)COC(=O)CCCC/C=C/C/C=C/C/C=C/C/C=C/C/C=C/CCCCC. The molecule has 0 spiro atoms. The summed E-state index contributed by atoms with van der Waals surface area (Å²) in [5, 5.41) is 9.60. The molecular formula is C48H82NO7+. The number of unbranched alkanes of at least 4 members (excludes halogenated alkanes) is 12.